The Labute approximate surface area is 131 Å². The number of aliphatic hydroxyl groups is 1. The number of ether oxygens (including phenoxy) is 1. The Kier molecular flexibility index (Phi) is 4.67. The molecule has 1 amide bonds. The van der Waals surface area contributed by atoms with Crippen molar-refractivity contribution < 1.29 is 14.6 Å². The maximum atomic E-state index is 12.6. The van der Waals surface area contributed by atoms with Crippen LogP contribution in [0.5, 0.6) is 5.75 Å². The SMILES string of the molecule is CC1c2ccccc2OC1C(=O)NC1CCCCCC1CO. The molecule has 0 aromatic heterocycles. The predicted molar refractivity (Wildman–Crippen MR) is 84.9 cm³/mol. The van der Waals surface area contributed by atoms with Gasteiger partial charge in [-0.2, -0.15) is 0 Å². The van der Waals surface area contributed by atoms with Crippen molar-refractivity contribution in [2.75, 3.05) is 6.61 Å². The number of nitrogens with one attached hydrogen (secondary N) is 1. The summed E-state index contributed by atoms with van der Waals surface area (Å²) in [6.45, 7) is 2.18. The van der Waals surface area contributed by atoms with E-state index >= 15 is 0 Å². The molecule has 1 fully saturated rings. The minimum Gasteiger partial charge on any atom is -0.480 e. The maximum absolute atomic E-state index is 12.6. The van der Waals surface area contributed by atoms with Gasteiger partial charge in [0, 0.05) is 30.0 Å². The molecule has 1 heterocycles. The van der Waals surface area contributed by atoms with Gasteiger partial charge in [0.2, 0.25) is 0 Å². The molecule has 22 heavy (non-hydrogen) atoms. The van der Waals surface area contributed by atoms with Crippen molar-refractivity contribution in [3.05, 3.63) is 29.8 Å². The molecule has 120 valence electrons. The molecule has 0 radical (unpaired) electrons. The summed E-state index contributed by atoms with van der Waals surface area (Å²) in [5.74, 6) is 1.00. The Balaban J connectivity index is 1.67. The summed E-state index contributed by atoms with van der Waals surface area (Å²) in [6, 6.07) is 7.92. The van der Waals surface area contributed by atoms with Crippen molar-refractivity contribution >= 4 is 5.91 Å². The molecule has 4 nitrogen and oxygen atoms in total. The minimum absolute atomic E-state index is 0.0472. The van der Waals surface area contributed by atoms with Crippen LogP contribution in [0.4, 0.5) is 0 Å². The molecule has 0 saturated heterocycles. The highest BCUT2D eigenvalue weighted by Crippen LogP contribution is 2.37. The van der Waals surface area contributed by atoms with Crippen LogP contribution in [-0.2, 0) is 4.79 Å². The van der Waals surface area contributed by atoms with Crippen LogP contribution in [0, 0.1) is 5.92 Å². The third-order valence-electron chi connectivity index (χ3n) is 5.10. The van der Waals surface area contributed by atoms with Gasteiger partial charge in [0.05, 0.1) is 0 Å². The van der Waals surface area contributed by atoms with Crippen LogP contribution in [-0.4, -0.2) is 29.8 Å². The molecule has 1 aromatic rings. The smallest absolute Gasteiger partial charge is 0.261 e. The second kappa shape index (κ2) is 6.69. The topological polar surface area (TPSA) is 58.6 Å². The quantitative estimate of drug-likeness (QED) is 0.844. The number of benzene rings is 1. The average molecular weight is 303 g/mol. The first-order valence-electron chi connectivity index (χ1n) is 8.37. The Morgan fingerprint density at radius 3 is 2.82 bits per heavy atom. The molecular weight excluding hydrogens is 278 g/mol. The molecule has 4 heteroatoms. The van der Waals surface area contributed by atoms with Crippen LogP contribution in [0.3, 0.4) is 0 Å². The Morgan fingerprint density at radius 2 is 2.05 bits per heavy atom. The van der Waals surface area contributed by atoms with Crippen molar-refractivity contribution in [3.63, 3.8) is 0 Å². The molecule has 2 N–H and O–H groups in total. The summed E-state index contributed by atoms with van der Waals surface area (Å²) in [5, 5.41) is 12.7. The molecule has 4 unspecified atom stereocenters. The van der Waals surface area contributed by atoms with Crippen LogP contribution < -0.4 is 10.1 Å². The highest BCUT2D eigenvalue weighted by Gasteiger charge is 2.37. The van der Waals surface area contributed by atoms with Crippen molar-refractivity contribution in [2.24, 2.45) is 5.92 Å². The largest absolute Gasteiger partial charge is 0.480 e. The van der Waals surface area contributed by atoms with Crippen molar-refractivity contribution in [2.45, 2.75) is 57.1 Å². The van der Waals surface area contributed by atoms with E-state index in [1.54, 1.807) is 0 Å². The van der Waals surface area contributed by atoms with Gasteiger partial charge in [0.15, 0.2) is 6.10 Å². The molecule has 4 atom stereocenters. The lowest BCUT2D eigenvalue weighted by molar-refractivity contribution is -0.129. The van der Waals surface area contributed by atoms with Crippen LogP contribution in [0.1, 0.15) is 50.5 Å². The summed E-state index contributed by atoms with van der Waals surface area (Å²) in [5.41, 5.74) is 1.10. The molecule has 2 aliphatic rings. The lowest BCUT2D eigenvalue weighted by atomic mass is 9.93. The van der Waals surface area contributed by atoms with E-state index in [-0.39, 0.29) is 30.4 Å². The van der Waals surface area contributed by atoms with Gasteiger partial charge in [-0.1, -0.05) is 44.4 Å². The predicted octanol–water partition coefficient (Wildman–Crippen LogP) is 2.61. The number of hydrogen-bond donors (Lipinski definition) is 2. The summed E-state index contributed by atoms with van der Waals surface area (Å²) in [7, 11) is 0. The fourth-order valence-corrected chi connectivity index (χ4v) is 3.70. The number of para-hydroxylation sites is 1. The van der Waals surface area contributed by atoms with E-state index in [1.165, 1.54) is 6.42 Å². The Morgan fingerprint density at radius 1 is 1.27 bits per heavy atom. The molecule has 1 aliphatic heterocycles. The van der Waals surface area contributed by atoms with Gasteiger partial charge in [-0.15, -0.1) is 0 Å². The standard InChI is InChI=1S/C18H25NO3/c1-12-14-8-5-6-10-16(14)22-17(12)18(21)19-15-9-4-2-3-7-13(15)11-20/h5-6,8,10,12-13,15,17,20H,2-4,7,9,11H2,1H3,(H,19,21). The summed E-state index contributed by atoms with van der Waals surface area (Å²) in [6.07, 6.45) is 4.92. The molecular formula is C18H25NO3. The van der Waals surface area contributed by atoms with Gasteiger partial charge in [0.25, 0.3) is 5.91 Å². The highest BCUT2D eigenvalue weighted by molar-refractivity contribution is 5.83. The first-order chi connectivity index (χ1) is 10.7. The van der Waals surface area contributed by atoms with Gasteiger partial charge in [-0.3, -0.25) is 4.79 Å². The lowest BCUT2D eigenvalue weighted by Gasteiger charge is -2.26. The lowest BCUT2D eigenvalue weighted by Crippen LogP contribution is -2.47. The fraction of sp³-hybridized carbons (Fsp3) is 0.611. The van der Waals surface area contributed by atoms with Crippen LogP contribution in [0.2, 0.25) is 0 Å². The van der Waals surface area contributed by atoms with E-state index in [9.17, 15) is 9.90 Å². The van der Waals surface area contributed by atoms with Gasteiger partial charge >= 0.3 is 0 Å². The van der Waals surface area contributed by atoms with Crippen molar-refractivity contribution in [1.82, 2.24) is 5.32 Å². The number of rotatable bonds is 3. The summed E-state index contributed by atoms with van der Waals surface area (Å²) < 4.78 is 5.85. The van der Waals surface area contributed by atoms with Gasteiger partial charge in [0.1, 0.15) is 5.75 Å². The maximum Gasteiger partial charge on any atom is 0.261 e. The number of fused-ring (bicyclic) bond motifs is 1. The second-order valence-corrected chi connectivity index (χ2v) is 6.56. The van der Waals surface area contributed by atoms with Crippen LogP contribution in [0.15, 0.2) is 24.3 Å². The normalized spacial score (nSPS) is 31.0. The zero-order valence-corrected chi connectivity index (χ0v) is 13.1. The van der Waals surface area contributed by atoms with E-state index in [1.807, 2.05) is 31.2 Å². The number of aliphatic hydroxyl groups excluding tert-OH is 1. The molecule has 0 spiro atoms. The molecule has 1 aromatic carbocycles. The van der Waals surface area contributed by atoms with E-state index in [2.05, 4.69) is 5.32 Å². The Bertz CT molecular complexity index is 531. The van der Waals surface area contributed by atoms with E-state index in [0.29, 0.717) is 0 Å². The number of carbonyl (C=O) groups excluding carboxylic acids is 1. The van der Waals surface area contributed by atoms with Crippen molar-refractivity contribution in [1.29, 1.82) is 0 Å². The fourth-order valence-electron chi connectivity index (χ4n) is 3.70. The third-order valence-corrected chi connectivity index (χ3v) is 5.10. The molecule has 1 saturated carbocycles. The molecule has 1 aliphatic carbocycles. The molecule has 0 bridgehead atoms. The first-order valence-corrected chi connectivity index (χ1v) is 8.37. The number of carbonyl (C=O) groups is 1. The van der Waals surface area contributed by atoms with Crippen molar-refractivity contribution in [3.8, 4) is 5.75 Å². The number of amides is 1. The first kappa shape index (κ1) is 15.3. The molecule has 3 rings (SSSR count). The highest BCUT2D eigenvalue weighted by atomic mass is 16.5. The second-order valence-electron chi connectivity index (χ2n) is 6.56. The zero-order chi connectivity index (χ0) is 15.5. The van der Waals surface area contributed by atoms with Gasteiger partial charge < -0.3 is 15.2 Å². The summed E-state index contributed by atoms with van der Waals surface area (Å²) >= 11 is 0. The van der Waals surface area contributed by atoms with E-state index in [4.69, 9.17) is 4.74 Å². The van der Waals surface area contributed by atoms with E-state index < -0.39 is 6.10 Å². The Hall–Kier alpha value is -1.55. The monoisotopic (exact) mass is 303 g/mol. The van der Waals surface area contributed by atoms with Crippen LogP contribution in [0.25, 0.3) is 0 Å². The van der Waals surface area contributed by atoms with Crippen LogP contribution >= 0.6 is 0 Å². The third kappa shape index (κ3) is 2.98. The summed E-state index contributed by atoms with van der Waals surface area (Å²) in [4.78, 5) is 12.6. The zero-order valence-electron chi connectivity index (χ0n) is 13.1. The average Bonchev–Trinajstić information content (AvgIpc) is 2.72. The van der Waals surface area contributed by atoms with E-state index in [0.717, 1.165) is 37.0 Å². The number of hydrogen-bond acceptors (Lipinski definition) is 3. The van der Waals surface area contributed by atoms with Gasteiger partial charge in [-0.25, -0.2) is 0 Å². The van der Waals surface area contributed by atoms with Gasteiger partial charge in [-0.05, 0) is 18.9 Å². The minimum atomic E-state index is -0.458.